The van der Waals surface area contributed by atoms with Crippen LogP contribution < -0.4 is 0 Å². The average Bonchev–Trinajstić information content (AvgIpc) is 2.76. The summed E-state index contributed by atoms with van der Waals surface area (Å²) < 4.78 is 6.14. The Morgan fingerprint density at radius 2 is 2.29 bits per heavy atom. The SMILES string of the molecule is CCOC(=O)c1cccc(C2=C(Br)CCC2)n1. The van der Waals surface area contributed by atoms with Gasteiger partial charge < -0.3 is 4.74 Å². The lowest BCUT2D eigenvalue weighted by atomic mass is 10.1. The summed E-state index contributed by atoms with van der Waals surface area (Å²) in [5, 5.41) is 0. The lowest BCUT2D eigenvalue weighted by molar-refractivity contribution is 0.0519. The molecule has 4 heteroatoms. The fourth-order valence-electron chi connectivity index (χ4n) is 1.90. The second-order valence-electron chi connectivity index (χ2n) is 3.87. The molecule has 2 rings (SSSR count). The van der Waals surface area contributed by atoms with Crippen molar-refractivity contribution in [3.05, 3.63) is 34.1 Å². The van der Waals surface area contributed by atoms with Crippen molar-refractivity contribution in [1.82, 2.24) is 4.98 Å². The number of hydrogen-bond acceptors (Lipinski definition) is 3. The molecule has 0 radical (unpaired) electrons. The number of rotatable bonds is 3. The van der Waals surface area contributed by atoms with Crippen LogP contribution in [0, 0.1) is 0 Å². The van der Waals surface area contributed by atoms with E-state index in [-0.39, 0.29) is 5.97 Å². The molecule has 0 saturated carbocycles. The number of carbonyl (C=O) groups excluding carboxylic acids is 1. The molecular formula is C13H14BrNO2. The normalized spacial score (nSPS) is 15.2. The van der Waals surface area contributed by atoms with Gasteiger partial charge in [0.05, 0.1) is 12.3 Å². The number of ether oxygens (including phenoxy) is 1. The van der Waals surface area contributed by atoms with E-state index in [1.54, 1.807) is 13.0 Å². The van der Waals surface area contributed by atoms with Crippen LogP contribution in [0.2, 0.25) is 0 Å². The number of pyridine rings is 1. The first-order valence-corrected chi connectivity index (χ1v) is 6.53. The summed E-state index contributed by atoms with van der Waals surface area (Å²) >= 11 is 3.56. The van der Waals surface area contributed by atoms with Gasteiger partial charge in [0.15, 0.2) is 0 Å². The van der Waals surface area contributed by atoms with Gasteiger partial charge in [0, 0.05) is 4.48 Å². The van der Waals surface area contributed by atoms with Gasteiger partial charge in [-0.15, -0.1) is 0 Å². The van der Waals surface area contributed by atoms with Gasteiger partial charge in [-0.25, -0.2) is 9.78 Å². The van der Waals surface area contributed by atoms with Crippen LogP contribution in [0.3, 0.4) is 0 Å². The first-order chi connectivity index (χ1) is 8.22. The highest BCUT2D eigenvalue weighted by molar-refractivity contribution is 9.11. The summed E-state index contributed by atoms with van der Waals surface area (Å²) in [5.41, 5.74) is 2.46. The molecule has 0 aromatic carbocycles. The standard InChI is InChI=1S/C13H14BrNO2/c1-2-17-13(16)12-8-4-7-11(15-12)9-5-3-6-10(9)14/h4,7-8H,2-3,5-6H2,1H3. The lowest BCUT2D eigenvalue weighted by Crippen LogP contribution is -2.07. The Hall–Kier alpha value is -1.16. The predicted octanol–water partition coefficient (Wildman–Crippen LogP) is 3.55. The highest BCUT2D eigenvalue weighted by Gasteiger charge is 2.17. The van der Waals surface area contributed by atoms with Crippen molar-refractivity contribution in [1.29, 1.82) is 0 Å². The molecule has 1 aromatic rings. The summed E-state index contributed by atoms with van der Waals surface area (Å²) in [6, 6.07) is 5.47. The zero-order valence-corrected chi connectivity index (χ0v) is 11.3. The molecule has 1 heterocycles. The van der Waals surface area contributed by atoms with Crippen molar-refractivity contribution in [3.8, 4) is 0 Å². The fraction of sp³-hybridized carbons (Fsp3) is 0.385. The van der Waals surface area contributed by atoms with Gasteiger partial charge in [0.1, 0.15) is 5.69 Å². The Balaban J connectivity index is 2.29. The topological polar surface area (TPSA) is 39.2 Å². The first kappa shape index (κ1) is 12.3. The Morgan fingerprint density at radius 1 is 1.47 bits per heavy atom. The van der Waals surface area contributed by atoms with Crippen LogP contribution in [-0.2, 0) is 4.74 Å². The number of halogens is 1. The maximum atomic E-state index is 11.6. The molecule has 0 amide bonds. The monoisotopic (exact) mass is 295 g/mol. The minimum Gasteiger partial charge on any atom is -0.461 e. The molecule has 0 unspecified atom stereocenters. The molecule has 1 aromatic heterocycles. The number of nitrogens with zero attached hydrogens (tertiary/aromatic N) is 1. The molecule has 3 nitrogen and oxygen atoms in total. The van der Waals surface area contributed by atoms with Crippen molar-refractivity contribution in [2.75, 3.05) is 6.61 Å². The van der Waals surface area contributed by atoms with E-state index >= 15 is 0 Å². The maximum Gasteiger partial charge on any atom is 0.356 e. The maximum absolute atomic E-state index is 11.6. The minimum atomic E-state index is -0.357. The second-order valence-corrected chi connectivity index (χ2v) is 4.82. The summed E-state index contributed by atoms with van der Waals surface area (Å²) in [6.45, 7) is 2.16. The molecular weight excluding hydrogens is 282 g/mol. The molecule has 1 aliphatic carbocycles. The van der Waals surface area contributed by atoms with Gasteiger partial charge in [-0.05, 0) is 43.9 Å². The number of esters is 1. The predicted molar refractivity (Wildman–Crippen MR) is 69.9 cm³/mol. The van der Waals surface area contributed by atoms with Gasteiger partial charge in [-0.2, -0.15) is 0 Å². The summed E-state index contributed by atoms with van der Waals surface area (Å²) in [5.74, 6) is -0.357. The van der Waals surface area contributed by atoms with Crippen molar-refractivity contribution in [2.45, 2.75) is 26.2 Å². The Bertz CT molecular complexity index is 468. The van der Waals surface area contributed by atoms with Crippen molar-refractivity contribution in [2.24, 2.45) is 0 Å². The van der Waals surface area contributed by atoms with E-state index in [2.05, 4.69) is 20.9 Å². The average molecular weight is 296 g/mol. The van der Waals surface area contributed by atoms with Crippen LogP contribution >= 0.6 is 15.9 Å². The Labute approximate surface area is 109 Å². The zero-order valence-electron chi connectivity index (χ0n) is 9.70. The summed E-state index contributed by atoms with van der Waals surface area (Å²) in [4.78, 5) is 15.9. The Morgan fingerprint density at radius 3 is 2.94 bits per heavy atom. The number of carbonyl (C=O) groups is 1. The molecule has 0 saturated heterocycles. The number of hydrogen-bond donors (Lipinski definition) is 0. The Kier molecular flexibility index (Phi) is 3.94. The molecule has 17 heavy (non-hydrogen) atoms. The van der Waals surface area contributed by atoms with E-state index in [4.69, 9.17) is 4.74 Å². The van der Waals surface area contributed by atoms with Crippen molar-refractivity contribution in [3.63, 3.8) is 0 Å². The van der Waals surface area contributed by atoms with Gasteiger partial charge in [-0.3, -0.25) is 0 Å². The number of allylic oxidation sites excluding steroid dienone is 2. The number of aromatic nitrogens is 1. The van der Waals surface area contributed by atoms with Crippen molar-refractivity contribution < 1.29 is 9.53 Å². The molecule has 1 aliphatic rings. The fourth-order valence-corrected chi connectivity index (χ4v) is 2.58. The van der Waals surface area contributed by atoms with Crippen molar-refractivity contribution >= 4 is 27.5 Å². The molecule has 0 fully saturated rings. The van der Waals surface area contributed by atoms with E-state index in [1.807, 2.05) is 12.1 Å². The van der Waals surface area contributed by atoms with Crippen LogP contribution in [-0.4, -0.2) is 17.6 Å². The van der Waals surface area contributed by atoms with Gasteiger partial charge in [0.25, 0.3) is 0 Å². The third kappa shape index (κ3) is 2.75. The summed E-state index contributed by atoms with van der Waals surface area (Å²) in [7, 11) is 0. The molecule has 90 valence electrons. The minimum absolute atomic E-state index is 0.357. The van der Waals surface area contributed by atoms with Crippen LogP contribution in [0.1, 0.15) is 42.4 Å². The van der Waals surface area contributed by atoms with E-state index in [9.17, 15) is 4.79 Å². The van der Waals surface area contributed by atoms with Gasteiger partial charge in [0.2, 0.25) is 0 Å². The lowest BCUT2D eigenvalue weighted by Gasteiger charge is -2.05. The molecule has 0 atom stereocenters. The second kappa shape index (κ2) is 5.45. The molecule has 0 spiro atoms. The summed E-state index contributed by atoms with van der Waals surface area (Å²) in [6.07, 6.45) is 3.21. The van der Waals surface area contributed by atoms with Crippen LogP contribution in [0.5, 0.6) is 0 Å². The van der Waals surface area contributed by atoms with E-state index in [1.165, 1.54) is 10.1 Å². The highest BCUT2D eigenvalue weighted by Crippen LogP contribution is 2.36. The van der Waals surface area contributed by atoms with Gasteiger partial charge in [-0.1, -0.05) is 22.0 Å². The third-order valence-electron chi connectivity index (χ3n) is 2.69. The van der Waals surface area contributed by atoms with Crippen LogP contribution in [0.15, 0.2) is 22.7 Å². The molecule has 0 bridgehead atoms. The van der Waals surface area contributed by atoms with Gasteiger partial charge >= 0.3 is 5.97 Å². The zero-order chi connectivity index (χ0) is 12.3. The largest absolute Gasteiger partial charge is 0.461 e. The highest BCUT2D eigenvalue weighted by atomic mass is 79.9. The van der Waals surface area contributed by atoms with E-state index < -0.39 is 0 Å². The first-order valence-electron chi connectivity index (χ1n) is 5.74. The van der Waals surface area contributed by atoms with Crippen LogP contribution in [0.4, 0.5) is 0 Å². The van der Waals surface area contributed by atoms with E-state index in [0.717, 1.165) is 25.0 Å². The van der Waals surface area contributed by atoms with E-state index in [0.29, 0.717) is 12.3 Å². The molecule has 0 N–H and O–H groups in total. The third-order valence-corrected chi connectivity index (χ3v) is 3.57. The quantitative estimate of drug-likeness (QED) is 0.801. The van der Waals surface area contributed by atoms with Crippen LogP contribution in [0.25, 0.3) is 5.57 Å². The molecule has 0 aliphatic heterocycles. The smallest absolute Gasteiger partial charge is 0.356 e.